The summed E-state index contributed by atoms with van der Waals surface area (Å²) >= 11 is 12.2. The number of ether oxygens (including phenoxy) is 2. The minimum Gasteiger partial charge on any atom is -0.495 e. The minimum absolute atomic E-state index is 0.00386. The Kier molecular flexibility index (Phi) is 6.10. The number of benzene rings is 2. The first-order valence-electron chi connectivity index (χ1n) is 8.39. The third-order valence-corrected chi connectivity index (χ3v) is 4.89. The molecule has 0 aliphatic carbocycles. The average molecular weight is 435 g/mol. The van der Waals surface area contributed by atoms with Gasteiger partial charge in [0, 0.05) is 5.69 Å². The maximum atomic E-state index is 12.7. The molecule has 150 valence electrons. The average Bonchev–Trinajstić information content (AvgIpc) is 2.92. The molecule has 0 bridgehead atoms. The molecule has 0 saturated heterocycles. The van der Waals surface area contributed by atoms with Gasteiger partial charge in [-0.05, 0) is 35.9 Å². The first kappa shape index (κ1) is 20.7. The summed E-state index contributed by atoms with van der Waals surface area (Å²) in [7, 11) is 2.78. The first-order chi connectivity index (χ1) is 13.8. The molecule has 0 atom stereocenters. The molecule has 9 heteroatoms. The van der Waals surface area contributed by atoms with Crippen LogP contribution < -0.4 is 10.1 Å². The van der Waals surface area contributed by atoms with Gasteiger partial charge in [0.1, 0.15) is 16.5 Å². The van der Waals surface area contributed by atoms with Gasteiger partial charge in [-0.25, -0.2) is 4.79 Å². The Balaban J connectivity index is 1.76. The third-order valence-electron chi connectivity index (χ3n) is 4.25. The molecule has 0 spiro atoms. The fraction of sp³-hybridized carbons (Fsp3) is 0.150. The number of carbonyl (C=O) groups excluding carboxylic acids is 3. The fourth-order valence-corrected chi connectivity index (χ4v) is 3.22. The van der Waals surface area contributed by atoms with Gasteiger partial charge in [0.25, 0.3) is 11.8 Å². The summed E-state index contributed by atoms with van der Waals surface area (Å²) in [5, 5.41) is 2.97. The number of hydrogen-bond acceptors (Lipinski definition) is 6. The van der Waals surface area contributed by atoms with Crippen molar-refractivity contribution >= 4 is 46.7 Å². The van der Waals surface area contributed by atoms with E-state index in [0.717, 1.165) is 4.90 Å². The van der Waals surface area contributed by atoms with Gasteiger partial charge in [-0.2, -0.15) is 0 Å². The molecular formula is C20H16Cl2N2O5. The lowest BCUT2D eigenvalue weighted by Gasteiger charge is -2.15. The highest BCUT2D eigenvalue weighted by molar-refractivity contribution is 6.48. The molecule has 1 N–H and O–H groups in total. The van der Waals surface area contributed by atoms with E-state index in [9.17, 15) is 14.4 Å². The maximum absolute atomic E-state index is 12.7. The van der Waals surface area contributed by atoms with Crippen LogP contribution in [0.2, 0.25) is 5.02 Å². The van der Waals surface area contributed by atoms with Gasteiger partial charge in [0.15, 0.2) is 0 Å². The number of carbonyl (C=O) groups is 3. The molecule has 0 unspecified atom stereocenters. The third kappa shape index (κ3) is 4.21. The van der Waals surface area contributed by atoms with Gasteiger partial charge < -0.3 is 14.8 Å². The monoisotopic (exact) mass is 434 g/mol. The minimum atomic E-state index is -0.615. The molecule has 2 amide bonds. The Labute approximate surface area is 176 Å². The number of amides is 2. The Morgan fingerprint density at radius 3 is 2.31 bits per heavy atom. The fourth-order valence-electron chi connectivity index (χ4n) is 2.73. The molecular weight excluding hydrogens is 419 g/mol. The van der Waals surface area contributed by atoms with Gasteiger partial charge in [-0.1, -0.05) is 35.3 Å². The normalized spacial score (nSPS) is 13.7. The van der Waals surface area contributed by atoms with E-state index < -0.39 is 17.8 Å². The SMILES string of the molecule is COC(=O)c1ccc(CN2C(=O)C(Cl)=C(Nc3ccc(OC)c(Cl)c3)C2=O)cc1. The lowest BCUT2D eigenvalue weighted by molar-refractivity contribution is -0.138. The Morgan fingerprint density at radius 2 is 1.72 bits per heavy atom. The van der Waals surface area contributed by atoms with E-state index in [2.05, 4.69) is 10.1 Å². The number of methoxy groups -OCH3 is 2. The van der Waals surface area contributed by atoms with Crippen LogP contribution in [0.4, 0.5) is 5.69 Å². The van der Waals surface area contributed by atoms with Crippen molar-refractivity contribution in [2.45, 2.75) is 6.54 Å². The predicted molar refractivity (Wildman–Crippen MR) is 108 cm³/mol. The van der Waals surface area contributed by atoms with E-state index in [1.165, 1.54) is 14.2 Å². The van der Waals surface area contributed by atoms with Crippen molar-refractivity contribution in [2.75, 3.05) is 19.5 Å². The highest BCUT2D eigenvalue weighted by Gasteiger charge is 2.37. The number of anilines is 1. The highest BCUT2D eigenvalue weighted by atomic mass is 35.5. The molecule has 29 heavy (non-hydrogen) atoms. The van der Waals surface area contributed by atoms with Crippen molar-refractivity contribution in [3.05, 3.63) is 69.3 Å². The summed E-state index contributed by atoms with van der Waals surface area (Å²) in [6, 6.07) is 11.2. The van der Waals surface area contributed by atoms with Gasteiger partial charge >= 0.3 is 5.97 Å². The second-order valence-corrected chi connectivity index (χ2v) is 6.83. The summed E-state index contributed by atoms with van der Waals surface area (Å²) in [5.41, 5.74) is 1.46. The lowest BCUT2D eigenvalue weighted by Crippen LogP contribution is -2.31. The van der Waals surface area contributed by atoms with E-state index in [-0.39, 0.29) is 17.3 Å². The maximum Gasteiger partial charge on any atom is 0.337 e. The number of nitrogens with one attached hydrogen (secondary N) is 1. The van der Waals surface area contributed by atoms with Crippen molar-refractivity contribution in [3.63, 3.8) is 0 Å². The smallest absolute Gasteiger partial charge is 0.337 e. The number of rotatable bonds is 6. The van der Waals surface area contributed by atoms with E-state index >= 15 is 0 Å². The summed E-state index contributed by atoms with van der Waals surface area (Å²) in [4.78, 5) is 37.7. The summed E-state index contributed by atoms with van der Waals surface area (Å²) < 4.78 is 9.73. The molecule has 2 aromatic rings. The summed E-state index contributed by atoms with van der Waals surface area (Å²) in [6.45, 7) is 0.00386. The lowest BCUT2D eigenvalue weighted by atomic mass is 10.1. The quantitative estimate of drug-likeness (QED) is 0.552. The van der Waals surface area contributed by atoms with E-state index in [0.29, 0.717) is 27.6 Å². The van der Waals surface area contributed by atoms with Gasteiger partial charge in [-0.3, -0.25) is 14.5 Å². The number of esters is 1. The van der Waals surface area contributed by atoms with Gasteiger partial charge in [0.05, 0.1) is 31.4 Å². The molecule has 7 nitrogen and oxygen atoms in total. The van der Waals surface area contributed by atoms with Gasteiger partial charge in [0.2, 0.25) is 0 Å². The number of imide groups is 1. The topological polar surface area (TPSA) is 84.9 Å². The first-order valence-corrected chi connectivity index (χ1v) is 9.15. The van der Waals surface area contributed by atoms with Crippen LogP contribution >= 0.6 is 23.2 Å². The predicted octanol–water partition coefficient (Wildman–Crippen LogP) is 3.57. The standard InChI is InChI=1S/C20H16Cl2N2O5/c1-28-15-8-7-13(9-14(15)21)23-17-16(22)18(25)24(19(17)26)10-11-3-5-12(6-4-11)20(27)29-2/h3-9,23H,10H2,1-2H3. The van der Waals surface area contributed by atoms with Crippen LogP contribution in [0.25, 0.3) is 0 Å². The zero-order chi connectivity index (χ0) is 21.1. The van der Waals surface area contributed by atoms with Crippen LogP contribution in [0.1, 0.15) is 15.9 Å². The van der Waals surface area contributed by atoms with Crippen LogP contribution in [0.15, 0.2) is 53.2 Å². The van der Waals surface area contributed by atoms with Crippen LogP contribution in [-0.2, 0) is 20.9 Å². The van der Waals surface area contributed by atoms with Crippen LogP contribution in [-0.4, -0.2) is 36.9 Å². The molecule has 0 fully saturated rings. The number of nitrogens with zero attached hydrogens (tertiary/aromatic N) is 1. The Bertz CT molecular complexity index is 1020. The van der Waals surface area contributed by atoms with Crippen molar-refractivity contribution in [1.82, 2.24) is 4.90 Å². The largest absolute Gasteiger partial charge is 0.495 e. The molecule has 0 aromatic heterocycles. The van der Waals surface area contributed by atoms with Crippen molar-refractivity contribution in [3.8, 4) is 5.75 Å². The Morgan fingerprint density at radius 1 is 1.03 bits per heavy atom. The van der Waals surface area contributed by atoms with Crippen molar-refractivity contribution < 1.29 is 23.9 Å². The van der Waals surface area contributed by atoms with Crippen molar-refractivity contribution in [1.29, 1.82) is 0 Å². The second-order valence-electron chi connectivity index (χ2n) is 6.05. The Hall–Kier alpha value is -3.03. The number of hydrogen-bond donors (Lipinski definition) is 1. The molecule has 0 radical (unpaired) electrons. The van der Waals surface area contributed by atoms with E-state index in [1.54, 1.807) is 42.5 Å². The van der Waals surface area contributed by atoms with E-state index in [1.807, 2.05) is 0 Å². The molecule has 1 heterocycles. The van der Waals surface area contributed by atoms with Crippen LogP contribution in [0, 0.1) is 0 Å². The molecule has 3 rings (SSSR count). The second kappa shape index (κ2) is 8.55. The molecule has 0 saturated carbocycles. The molecule has 1 aliphatic heterocycles. The zero-order valence-electron chi connectivity index (χ0n) is 15.5. The van der Waals surface area contributed by atoms with Crippen molar-refractivity contribution in [2.24, 2.45) is 0 Å². The van der Waals surface area contributed by atoms with Gasteiger partial charge in [-0.15, -0.1) is 0 Å². The highest BCUT2D eigenvalue weighted by Crippen LogP contribution is 2.31. The number of halogens is 2. The molecule has 2 aromatic carbocycles. The summed E-state index contributed by atoms with van der Waals surface area (Å²) in [6.07, 6.45) is 0. The van der Waals surface area contributed by atoms with Crippen LogP contribution in [0.5, 0.6) is 5.75 Å². The van der Waals surface area contributed by atoms with E-state index in [4.69, 9.17) is 27.9 Å². The summed E-state index contributed by atoms with van der Waals surface area (Å²) in [5.74, 6) is -1.18. The zero-order valence-corrected chi connectivity index (χ0v) is 17.0. The molecule has 1 aliphatic rings. The van der Waals surface area contributed by atoms with Crippen LogP contribution in [0.3, 0.4) is 0 Å².